The quantitative estimate of drug-likeness (QED) is 0.798. The molecule has 1 aliphatic carbocycles. The van der Waals surface area contributed by atoms with Gasteiger partial charge in [-0.05, 0) is 42.5 Å². The van der Waals surface area contributed by atoms with E-state index in [4.69, 9.17) is 5.26 Å². The molecule has 1 N–H and O–H groups in total. The molecule has 9 heteroatoms. The molecule has 30 heavy (non-hydrogen) atoms. The van der Waals surface area contributed by atoms with Gasteiger partial charge in [-0.25, -0.2) is 4.98 Å². The van der Waals surface area contributed by atoms with Crippen LogP contribution < -0.4 is 4.90 Å². The monoisotopic (exact) mass is 418 g/mol. The van der Waals surface area contributed by atoms with Crippen molar-refractivity contribution in [2.24, 2.45) is 16.8 Å². The van der Waals surface area contributed by atoms with Crippen LogP contribution in [0.25, 0.3) is 0 Å². The number of alkyl halides is 3. The minimum absolute atomic E-state index is 0.0420. The summed E-state index contributed by atoms with van der Waals surface area (Å²) in [6.07, 6.45) is -4.19. The van der Waals surface area contributed by atoms with Crippen molar-refractivity contribution in [1.29, 1.82) is 5.26 Å². The van der Waals surface area contributed by atoms with E-state index in [-0.39, 0.29) is 24.5 Å². The Morgan fingerprint density at radius 3 is 2.60 bits per heavy atom. The van der Waals surface area contributed by atoms with Gasteiger partial charge in [0, 0.05) is 37.3 Å². The highest BCUT2D eigenvalue weighted by Gasteiger charge is 2.54. The number of Topliss-reactive ketones (excluding diaryl/α,β-unsaturated/α-hetero) is 1. The number of nitriles is 1. The highest BCUT2D eigenvalue weighted by Crippen LogP contribution is 2.45. The van der Waals surface area contributed by atoms with Gasteiger partial charge in [0.2, 0.25) is 0 Å². The van der Waals surface area contributed by atoms with E-state index in [1.807, 2.05) is 13.0 Å². The number of aliphatic hydroxyl groups excluding tert-OH is 1. The summed E-state index contributed by atoms with van der Waals surface area (Å²) >= 11 is 0. The van der Waals surface area contributed by atoms with Crippen LogP contribution in [0.5, 0.6) is 0 Å². The Labute approximate surface area is 171 Å². The molecule has 2 atom stereocenters. The Hall–Kier alpha value is -2.73. The van der Waals surface area contributed by atoms with Gasteiger partial charge in [0.1, 0.15) is 23.9 Å². The number of rotatable bonds is 2. The van der Waals surface area contributed by atoms with Crippen LogP contribution in [0.4, 0.5) is 19.0 Å². The molecule has 0 spiro atoms. The molecule has 4 rings (SSSR count). The minimum atomic E-state index is -4.70. The van der Waals surface area contributed by atoms with Crippen molar-refractivity contribution < 1.29 is 23.1 Å². The Morgan fingerprint density at radius 1 is 1.30 bits per heavy atom. The molecule has 1 fully saturated rings. The molecule has 3 aliphatic rings. The van der Waals surface area contributed by atoms with E-state index in [0.29, 0.717) is 42.8 Å². The van der Waals surface area contributed by atoms with Crippen LogP contribution in [-0.4, -0.2) is 53.5 Å². The maximum absolute atomic E-state index is 13.7. The summed E-state index contributed by atoms with van der Waals surface area (Å²) in [5.41, 5.74) is 2.18. The number of anilines is 1. The van der Waals surface area contributed by atoms with E-state index in [2.05, 4.69) is 20.9 Å². The predicted octanol–water partition coefficient (Wildman–Crippen LogP) is 2.74. The van der Waals surface area contributed by atoms with Crippen LogP contribution in [0.3, 0.4) is 0 Å². The van der Waals surface area contributed by atoms with E-state index in [9.17, 15) is 23.1 Å². The topological polar surface area (TPSA) is 89.6 Å². The first kappa shape index (κ1) is 20.5. The zero-order valence-corrected chi connectivity index (χ0v) is 16.4. The average Bonchev–Trinajstić information content (AvgIpc) is 3.10. The highest BCUT2D eigenvalue weighted by atomic mass is 19.4. The van der Waals surface area contributed by atoms with E-state index in [0.717, 1.165) is 11.4 Å². The van der Waals surface area contributed by atoms with Gasteiger partial charge >= 0.3 is 6.18 Å². The Morgan fingerprint density at radius 2 is 2.00 bits per heavy atom. The van der Waals surface area contributed by atoms with Gasteiger partial charge < -0.3 is 10.0 Å². The normalized spacial score (nSPS) is 25.3. The first-order valence-corrected chi connectivity index (χ1v) is 9.86. The van der Waals surface area contributed by atoms with Crippen LogP contribution in [0.15, 0.2) is 28.4 Å². The van der Waals surface area contributed by atoms with Crippen molar-refractivity contribution in [3.63, 3.8) is 0 Å². The van der Waals surface area contributed by atoms with Crippen LogP contribution >= 0.6 is 0 Å². The number of pyridine rings is 1. The SMILES string of the molecule is Cc1cc(N2CCC(C3=NCC4=C3[C@H](C(F)(F)F)[C@H](O)C(=O)C4)CC2)ncc1C#N. The fraction of sp³-hybridized carbons (Fsp3) is 0.524. The standard InChI is InChI=1S/C21H21F3N4O2/c1-11-6-16(26-10-14(11)8-25)28-4-2-12(3-5-28)19-17-13(9-27-19)7-15(29)20(30)18(17)21(22,23)24/h6,10,12,18,20,30H,2-5,7,9H2,1H3/t18-,20+/m0/s1. The number of hydrogen-bond acceptors (Lipinski definition) is 6. The molecule has 0 radical (unpaired) electrons. The maximum Gasteiger partial charge on any atom is 0.398 e. The second kappa shape index (κ2) is 7.51. The molecule has 0 amide bonds. The lowest BCUT2D eigenvalue weighted by Crippen LogP contribution is -2.46. The number of nitrogens with zero attached hydrogens (tertiary/aromatic N) is 4. The number of piperidine rings is 1. The van der Waals surface area contributed by atoms with Crippen LogP contribution in [0.2, 0.25) is 0 Å². The van der Waals surface area contributed by atoms with Gasteiger partial charge in [-0.1, -0.05) is 0 Å². The summed E-state index contributed by atoms with van der Waals surface area (Å²) < 4.78 is 41.1. The second-order valence-electron chi connectivity index (χ2n) is 8.06. The van der Waals surface area contributed by atoms with E-state index in [1.165, 1.54) is 6.20 Å². The van der Waals surface area contributed by atoms with Gasteiger partial charge in [-0.15, -0.1) is 0 Å². The van der Waals surface area contributed by atoms with Crippen molar-refractivity contribution in [3.8, 4) is 6.07 Å². The highest BCUT2D eigenvalue weighted by molar-refractivity contribution is 6.08. The fourth-order valence-electron chi connectivity index (χ4n) is 4.63. The molecule has 1 aromatic rings. The van der Waals surface area contributed by atoms with Gasteiger partial charge in [0.15, 0.2) is 5.78 Å². The van der Waals surface area contributed by atoms with Crippen LogP contribution in [0, 0.1) is 30.1 Å². The molecule has 3 heterocycles. The summed E-state index contributed by atoms with van der Waals surface area (Å²) in [4.78, 5) is 22.6. The first-order chi connectivity index (χ1) is 14.2. The molecule has 1 aromatic heterocycles. The van der Waals surface area contributed by atoms with Gasteiger partial charge in [-0.3, -0.25) is 9.79 Å². The number of aromatic nitrogens is 1. The van der Waals surface area contributed by atoms with Gasteiger partial charge in [0.25, 0.3) is 0 Å². The van der Waals surface area contributed by atoms with Crippen molar-refractivity contribution in [3.05, 3.63) is 34.5 Å². The summed E-state index contributed by atoms with van der Waals surface area (Å²) in [6, 6.07) is 3.92. The molecule has 1 saturated heterocycles. The Balaban J connectivity index is 1.52. The van der Waals surface area contributed by atoms with Crippen LogP contribution in [-0.2, 0) is 4.79 Å². The number of hydrogen-bond donors (Lipinski definition) is 1. The molecule has 0 bridgehead atoms. The molecule has 0 unspecified atom stereocenters. The maximum atomic E-state index is 13.7. The molecule has 0 aromatic carbocycles. The first-order valence-electron chi connectivity index (χ1n) is 9.86. The minimum Gasteiger partial charge on any atom is -0.384 e. The molecule has 2 aliphatic heterocycles. The summed E-state index contributed by atoms with van der Waals surface area (Å²) in [6.45, 7) is 3.14. The third-order valence-electron chi connectivity index (χ3n) is 6.22. The van der Waals surface area contributed by atoms with Gasteiger partial charge in [0.05, 0.1) is 12.1 Å². The molecule has 6 nitrogen and oxygen atoms in total. The number of ketones is 1. The number of aliphatic imine (C=N–C) groups is 1. The third kappa shape index (κ3) is 3.49. The smallest absolute Gasteiger partial charge is 0.384 e. The summed E-state index contributed by atoms with van der Waals surface area (Å²) in [5.74, 6) is -2.39. The number of aryl methyl sites for hydroxylation is 1. The molecule has 158 valence electrons. The average molecular weight is 418 g/mol. The Bertz CT molecular complexity index is 985. The van der Waals surface area contributed by atoms with E-state index < -0.39 is 24.0 Å². The van der Waals surface area contributed by atoms with Crippen molar-refractivity contribution >= 4 is 17.3 Å². The predicted molar refractivity (Wildman–Crippen MR) is 103 cm³/mol. The molecular weight excluding hydrogens is 397 g/mol. The molecule has 0 saturated carbocycles. The van der Waals surface area contributed by atoms with Crippen molar-refractivity contribution in [2.75, 3.05) is 24.5 Å². The lowest BCUT2D eigenvalue weighted by Gasteiger charge is -2.36. The van der Waals surface area contributed by atoms with Gasteiger partial charge in [-0.2, -0.15) is 18.4 Å². The lowest BCUT2D eigenvalue weighted by atomic mass is 9.74. The third-order valence-corrected chi connectivity index (χ3v) is 6.22. The Kier molecular flexibility index (Phi) is 5.14. The fourth-order valence-corrected chi connectivity index (χ4v) is 4.63. The van der Waals surface area contributed by atoms with Crippen molar-refractivity contribution in [2.45, 2.75) is 38.5 Å². The second-order valence-corrected chi connectivity index (χ2v) is 8.06. The van der Waals surface area contributed by atoms with Crippen molar-refractivity contribution in [1.82, 2.24) is 4.98 Å². The summed E-state index contributed by atoms with van der Waals surface area (Å²) in [7, 11) is 0. The van der Waals surface area contributed by atoms with E-state index >= 15 is 0 Å². The largest absolute Gasteiger partial charge is 0.398 e. The number of aliphatic hydroxyl groups is 1. The molecular formula is C21H21F3N4O2. The lowest BCUT2D eigenvalue weighted by molar-refractivity contribution is -0.190. The zero-order valence-electron chi connectivity index (χ0n) is 16.4. The summed E-state index contributed by atoms with van der Waals surface area (Å²) in [5, 5.41) is 19.0. The van der Waals surface area contributed by atoms with E-state index in [1.54, 1.807) is 0 Å². The zero-order chi connectivity index (χ0) is 21.6. The number of carbonyl (C=O) groups excluding carboxylic acids is 1. The number of carbonyl (C=O) groups is 1. The van der Waals surface area contributed by atoms with Crippen LogP contribution in [0.1, 0.15) is 30.4 Å². The number of halogens is 3.